The van der Waals surface area contributed by atoms with Gasteiger partial charge in [-0.1, -0.05) is 17.7 Å². The summed E-state index contributed by atoms with van der Waals surface area (Å²) < 4.78 is 10.8. The quantitative estimate of drug-likeness (QED) is 0.577. The minimum Gasteiger partial charge on any atom is -0.451 e. The monoisotopic (exact) mass is 353 g/mol. The Balaban J connectivity index is 1.64. The maximum absolute atomic E-state index is 12.6. The Morgan fingerprint density at radius 3 is 2.88 bits per heavy atom. The largest absolute Gasteiger partial charge is 0.451 e. The lowest BCUT2D eigenvalue weighted by Gasteiger charge is -2.05. The molecule has 0 fully saturated rings. The van der Waals surface area contributed by atoms with Gasteiger partial charge in [-0.05, 0) is 43.3 Å². The van der Waals surface area contributed by atoms with E-state index in [4.69, 9.17) is 20.4 Å². The molecule has 0 aliphatic rings. The van der Waals surface area contributed by atoms with Crippen molar-refractivity contribution in [1.82, 2.24) is 10.2 Å². The third kappa shape index (κ3) is 2.88. The smallest absolute Gasteiger partial charge is 0.291 e. The number of aryl methyl sites for hydroxylation is 1. The Morgan fingerprint density at radius 2 is 2.08 bits per heavy atom. The van der Waals surface area contributed by atoms with Gasteiger partial charge in [-0.25, -0.2) is 0 Å². The van der Waals surface area contributed by atoms with Crippen LogP contribution in [0.4, 0.5) is 5.69 Å². The summed E-state index contributed by atoms with van der Waals surface area (Å²) in [6.45, 7) is 1.83. The third-order valence-corrected chi connectivity index (χ3v) is 4.07. The molecule has 25 heavy (non-hydrogen) atoms. The first kappa shape index (κ1) is 15.4. The van der Waals surface area contributed by atoms with Gasteiger partial charge >= 0.3 is 0 Å². The fourth-order valence-corrected chi connectivity index (χ4v) is 2.80. The van der Waals surface area contributed by atoms with Crippen molar-refractivity contribution in [2.45, 2.75) is 6.92 Å². The number of nitrogens with zero attached hydrogens (tertiary/aromatic N) is 2. The average molecular weight is 354 g/mol. The number of anilines is 1. The highest BCUT2D eigenvalue weighted by atomic mass is 35.5. The van der Waals surface area contributed by atoms with Crippen LogP contribution < -0.4 is 5.32 Å². The molecule has 4 rings (SSSR count). The molecule has 0 saturated heterocycles. The Labute approximate surface area is 147 Å². The fraction of sp³-hybridized carbons (Fsp3) is 0.0556. The summed E-state index contributed by atoms with van der Waals surface area (Å²) in [4.78, 5) is 12.6. The van der Waals surface area contributed by atoms with Gasteiger partial charge in [0.2, 0.25) is 12.3 Å². The van der Waals surface area contributed by atoms with Gasteiger partial charge in [-0.3, -0.25) is 4.79 Å². The molecule has 0 bridgehead atoms. The predicted molar refractivity (Wildman–Crippen MR) is 93.6 cm³/mol. The molecule has 0 saturated carbocycles. The molecule has 2 heterocycles. The lowest BCUT2D eigenvalue weighted by atomic mass is 10.1. The van der Waals surface area contributed by atoms with Crippen molar-refractivity contribution in [3.8, 4) is 11.5 Å². The second-order valence-corrected chi connectivity index (χ2v) is 5.91. The van der Waals surface area contributed by atoms with Crippen LogP contribution in [0.15, 0.2) is 57.7 Å². The number of carbonyl (C=O) groups excluding carboxylic acids is 1. The van der Waals surface area contributed by atoms with Crippen molar-refractivity contribution in [1.29, 1.82) is 0 Å². The first-order valence-electron chi connectivity index (χ1n) is 7.48. The summed E-state index contributed by atoms with van der Waals surface area (Å²) in [6.07, 6.45) is 1.25. The maximum Gasteiger partial charge on any atom is 0.291 e. The van der Waals surface area contributed by atoms with Crippen LogP contribution in [0.2, 0.25) is 5.02 Å². The van der Waals surface area contributed by atoms with Crippen molar-refractivity contribution in [2.75, 3.05) is 5.32 Å². The van der Waals surface area contributed by atoms with Crippen molar-refractivity contribution in [3.63, 3.8) is 0 Å². The van der Waals surface area contributed by atoms with E-state index in [9.17, 15) is 4.79 Å². The molecule has 0 spiro atoms. The summed E-state index contributed by atoms with van der Waals surface area (Å²) in [6, 6.07) is 12.4. The highest BCUT2D eigenvalue weighted by molar-refractivity contribution is 6.31. The minimum atomic E-state index is -0.340. The predicted octanol–water partition coefficient (Wildman–Crippen LogP) is 4.70. The van der Waals surface area contributed by atoms with Crippen molar-refractivity contribution in [3.05, 3.63) is 65.2 Å². The Bertz CT molecular complexity index is 1070. The molecular formula is C18H12ClN3O3. The first-order valence-corrected chi connectivity index (χ1v) is 7.86. The van der Waals surface area contributed by atoms with Crippen LogP contribution >= 0.6 is 11.6 Å². The van der Waals surface area contributed by atoms with Gasteiger partial charge in [0.05, 0.1) is 0 Å². The number of furan rings is 1. The van der Waals surface area contributed by atoms with Crippen molar-refractivity contribution < 1.29 is 13.6 Å². The van der Waals surface area contributed by atoms with E-state index in [-0.39, 0.29) is 11.7 Å². The summed E-state index contributed by atoms with van der Waals surface area (Å²) in [5, 5.41) is 11.7. The topological polar surface area (TPSA) is 81.2 Å². The average Bonchev–Trinajstić information content (AvgIpc) is 3.24. The molecule has 6 nitrogen and oxygen atoms in total. The normalized spacial score (nSPS) is 11.0. The summed E-state index contributed by atoms with van der Waals surface area (Å²) >= 11 is 6.01. The molecule has 0 unspecified atom stereocenters. The van der Waals surface area contributed by atoms with E-state index in [0.717, 1.165) is 10.9 Å². The summed E-state index contributed by atoms with van der Waals surface area (Å²) in [7, 11) is 0. The second-order valence-electron chi connectivity index (χ2n) is 5.48. The number of amides is 1. The summed E-state index contributed by atoms with van der Waals surface area (Å²) in [5.74, 6) is 0.290. The fourth-order valence-electron chi connectivity index (χ4n) is 2.63. The first-order chi connectivity index (χ1) is 12.1. The zero-order valence-electron chi connectivity index (χ0n) is 13.1. The zero-order valence-corrected chi connectivity index (χ0v) is 13.9. The SMILES string of the molecule is Cc1c(C(=O)Nc2cccc(-c3nnco3)c2)oc2ccc(Cl)cc12. The number of benzene rings is 2. The number of rotatable bonds is 3. The number of hydrogen-bond acceptors (Lipinski definition) is 5. The number of nitrogens with one attached hydrogen (secondary N) is 1. The number of halogens is 1. The maximum atomic E-state index is 12.6. The van der Waals surface area contributed by atoms with Crippen LogP contribution in [-0.4, -0.2) is 16.1 Å². The molecule has 2 aromatic carbocycles. The van der Waals surface area contributed by atoms with Gasteiger partial charge < -0.3 is 14.2 Å². The standard InChI is InChI=1S/C18H12ClN3O3/c1-10-14-8-12(19)5-6-15(14)25-16(10)17(23)21-13-4-2-3-11(7-13)18-22-20-9-24-18/h2-9H,1H3,(H,21,23). The lowest BCUT2D eigenvalue weighted by molar-refractivity contribution is 0.0998. The molecule has 0 aliphatic carbocycles. The van der Waals surface area contributed by atoms with Crippen LogP contribution in [-0.2, 0) is 0 Å². The number of hydrogen-bond donors (Lipinski definition) is 1. The van der Waals surface area contributed by atoms with Gasteiger partial charge in [0.25, 0.3) is 5.91 Å². The number of carbonyl (C=O) groups is 1. The molecule has 7 heteroatoms. The molecule has 0 aliphatic heterocycles. The minimum absolute atomic E-state index is 0.250. The Hall–Kier alpha value is -3.12. The van der Waals surface area contributed by atoms with E-state index in [1.807, 2.05) is 13.0 Å². The van der Waals surface area contributed by atoms with Gasteiger partial charge in [-0.2, -0.15) is 0 Å². The van der Waals surface area contributed by atoms with E-state index in [2.05, 4.69) is 15.5 Å². The van der Waals surface area contributed by atoms with Crippen LogP contribution in [0.3, 0.4) is 0 Å². The van der Waals surface area contributed by atoms with Crippen LogP contribution in [0, 0.1) is 6.92 Å². The van der Waals surface area contributed by atoms with Gasteiger partial charge in [0.15, 0.2) is 5.76 Å². The highest BCUT2D eigenvalue weighted by Gasteiger charge is 2.18. The van der Waals surface area contributed by atoms with E-state index < -0.39 is 0 Å². The Morgan fingerprint density at radius 1 is 1.20 bits per heavy atom. The molecule has 0 radical (unpaired) electrons. The van der Waals surface area contributed by atoms with E-state index >= 15 is 0 Å². The third-order valence-electron chi connectivity index (χ3n) is 3.83. The van der Waals surface area contributed by atoms with Gasteiger partial charge in [0, 0.05) is 27.2 Å². The van der Waals surface area contributed by atoms with Crippen LogP contribution in [0.5, 0.6) is 0 Å². The number of aromatic nitrogens is 2. The highest BCUT2D eigenvalue weighted by Crippen LogP contribution is 2.29. The van der Waals surface area contributed by atoms with Crippen LogP contribution in [0.1, 0.15) is 16.1 Å². The van der Waals surface area contributed by atoms with E-state index in [1.54, 1.807) is 36.4 Å². The van der Waals surface area contributed by atoms with Crippen molar-refractivity contribution in [2.24, 2.45) is 0 Å². The summed E-state index contributed by atoms with van der Waals surface area (Å²) in [5.41, 5.74) is 2.66. The van der Waals surface area contributed by atoms with Crippen LogP contribution in [0.25, 0.3) is 22.4 Å². The number of fused-ring (bicyclic) bond motifs is 1. The molecule has 4 aromatic rings. The zero-order chi connectivity index (χ0) is 17.4. The van der Waals surface area contributed by atoms with Gasteiger partial charge in [0.1, 0.15) is 5.58 Å². The molecule has 0 atom stereocenters. The van der Waals surface area contributed by atoms with E-state index in [0.29, 0.717) is 27.7 Å². The van der Waals surface area contributed by atoms with Gasteiger partial charge in [-0.15, -0.1) is 10.2 Å². The molecular weight excluding hydrogens is 342 g/mol. The van der Waals surface area contributed by atoms with E-state index in [1.165, 1.54) is 6.39 Å². The molecule has 1 N–H and O–H groups in total. The lowest BCUT2D eigenvalue weighted by Crippen LogP contribution is -2.12. The second kappa shape index (κ2) is 6.07. The molecule has 124 valence electrons. The molecule has 1 amide bonds. The Kier molecular flexibility index (Phi) is 3.74. The molecule has 2 aromatic heterocycles. The van der Waals surface area contributed by atoms with Crippen molar-refractivity contribution >= 4 is 34.2 Å².